The molecule has 2 heterocycles. The van der Waals surface area contributed by atoms with Crippen molar-refractivity contribution >= 4 is 11.6 Å². The molecule has 7 heteroatoms. The third-order valence-electron chi connectivity index (χ3n) is 3.36. The SMILES string of the molecule is CCCOc1nc(Cl)nc(OCCC2CCCN2C)n1. The molecule has 112 valence electrons. The number of likely N-dealkylation sites (tertiary alicyclic amines) is 1. The molecule has 0 N–H and O–H groups in total. The van der Waals surface area contributed by atoms with Crippen LogP contribution in [0.4, 0.5) is 0 Å². The zero-order valence-corrected chi connectivity index (χ0v) is 12.8. The van der Waals surface area contributed by atoms with Crippen LogP contribution < -0.4 is 9.47 Å². The number of halogens is 1. The molecule has 1 aliphatic rings. The normalized spacial score (nSPS) is 19.2. The van der Waals surface area contributed by atoms with Crippen LogP contribution in [-0.2, 0) is 0 Å². The lowest BCUT2D eigenvalue weighted by Gasteiger charge is -2.18. The van der Waals surface area contributed by atoms with Gasteiger partial charge in [-0.15, -0.1) is 4.98 Å². The fraction of sp³-hybridized carbons (Fsp3) is 0.769. The Hall–Kier alpha value is -1.14. The van der Waals surface area contributed by atoms with Gasteiger partial charge in [-0.2, -0.15) is 9.97 Å². The zero-order valence-electron chi connectivity index (χ0n) is 12.0. The Morgan fingerprint density at radius 2 is 1.90 bits per heavy atom. The first-order chi connectivity index (χ1) is 9.69. The molecule has 1 atom stereocenters. The molecule has 0 saturated carbocycles. The summed E-state index contributed by atoms with van der Waals surface area (Å²) < 4.78 is 10.9. The smallest absolute Gasteiger partial charge is 0.323 e. The molecule has 2 rings (SSSR count). The standard InChI is InChI=1S/C13H21ClN4O2/c1-3-8-19-12-15-11(14)16-13(17-12)20-9-6-10-5-4-7-18(10)2/h10H,3-9H2,1-2H3. The molecule has 1 saturated heterocycles. The van der Waals surface area contributed by atoms with Crippen molar-refractivity contribution in [2.45, 2.75) is 38.6 Å². The highest BCUT2D eigenvalue weighted by atomic mass is 35.5. The maximum absolute atomic E-state index is 5.83. The summed E-state index contributed by atoms with van der Waals surface area (Å²) in [6.45, 7) is 4.30. The van der Waals surface area contributed by atoms with Crippen molar-refractivity contribution in [1.82, 2.24) is 19.9 Å². The van der Waals surface area contributed by atoms with Gasteiger partial charge in [0.2, 0.25) is 5.28 Å². The van der Waals surface area contributed by atoms with Gasteiger partial charge in [-0.25, -0.2) is 0 Å². The van der Waals surface area contributed by atoms with E-state index in [1.54, 1.807) is 0 Å². The average molecular weight is 301 g/mol. The number of nitrogens with zero attached hydrogens (tertiary/aromatic N) is 4. The second-order valence-corrected chi connectivity index (χ2v) is 5.27. The second-order valence-electron chi connectivity index (χ2n) is 4.93. The minimum absolute atomic E-state index is 0.0964. The predicted octanol–water partition coefficient (Wildman–Crippen LogP) is 2.18. The molecule has 0 bridgehead atoms. The van der Waals surface area contributed by atoms with Gasteiger partial charge in [0.1, 0.15) is 0 Å². The largest absolute Gasteiger partial charge is 0.463 e. The molecular formula is C13H21ClN4O2. The number of aromatic nitrogens is 3. The highest BCUT2D eigenvalue weighted by Gasteiger charge is 2.20. The molecule has 0 aliphatic carbocycles. The first kappa shape index (κ1) is 15.3. The number of hydrogen-bond acceptors (Lipinski definition) is 6. The minimum atomic E-state index is 0.0964. The van der Waals surface area contributed by atoms with Gasteiger partial charge >= 0.3 is 12.0 Å². The Bertz CT molecular complexity index is 433. The van der Waals surface area contributed by atoms with E-state index in [4.69, 9.17) is 21.1 Å². The summed E-state index contributed by atoms with van der Waals surface area (Å²) in [5.74, 6) is 0. The fourth-order valence-electron chi connectivity index (χ4n) is 2.27. The van der Waals surface area contributed by atoms with E-state index in [2.05, 4.69) is 26.9 Å². The van der Waals surface area contributed by atoms with Gasteiger partial charge in [0.25, 0.3) is 0 Å². The van der Waals surface area contributed by atoms with Crippen molar-refractivity contribution in [3.05, 3.63) is 5.28 Å². The number of rotatable bonds is 7. The summed E-state index contributed by atoms with van der Waals surface area (Å²) in [6.07, 6.45) is 4.33. The highest BCUT2D eigenvalue weighted by molar-refractivity contribution is 6.28. The minimum Gasteiger partial charge on any atom is -0.463 e. The van der Waals surface area contributed by atoms with Crippen LogP contribution in [0.5, 0.6) is 12.0 Å². The Kier molecular flexibility index (Phi) is 5.79. The molecule has 6 nitrogen and oxygen atoms in total. The summed E-state index contributed by atoms with van der Waals surface area (Å²) in [4.78, 5) is 14.3. The van der Waals surface area contributed by atoms with E-state index in [0.717, 1.165) is 19.4 Å². The molecule has 1 aliphatic heterocycles. The lowest BCUT2D eigenvalue weighted by atomic mass is 10.2. The van der Waals surface area contributed by atoms with Crippen LogP contribution in [0.3, 0.4) is 0 Å². The van der Waals surface area contributed by atoms with Gasteiger partial charge < -0.3 is 14.4 Å². The van der Waals surface area contributed by atoms with Crippen LogP contribution in [0, 0.1) is 0 Å². The quantitative estimate of drug-likeness (QED) is 0.769. The van der Waals surface area contributed by atoms with E-state index >= 15 is 0 Å². The summed E-state index contributed by atoms with van der Waals surface area (Å²) in [5, 5.41) is 0.0964. The molecule has 0 spiro atoms. The van der Waals surface area contributed by atoms with E-state index in [1.165, 1.54) is 12.8 Å². The first-order valence-electron chi connectivity index (χ1n) is 7.06. The number of hydrogen-bond donors (Lipinski definition) is 0. The van der Waals surface area contributed by atoms with Crippen molar-refractivity contribution in [2.75, 3.05) is 26.8 Å². The van der Waals surface area contributed by atoms with E-state index in [1.807, 2.05) is 6.92 Å². The highest BCUT2D eigenvalue weighted by Crippen LogP contribution is 2.18. The molecule has 0 amide bonds. The zero-order chi connectivity index (χ0) is 14.4. The Morgan fingerprint density at radius 1 is 1.20 bits per heavy atom. The lowest BCUT2D eigenvalue weighted by Crippen LogP contribution is -2.26. The van der Waals surface area contributed by atoms with Gasteiger partial charge in [0.15, 0.2) is 0 Å². The van der Waals surface area contributed by atoms with Crippen molar-refractivity contribution in [1.29, 1.82) is 0 Å². The van der Waals surface area contributed by atoms with E-state index < -0.39 is 0 Å². The average Bonchev–Trinajstić information content (AvgIpc) is 2.82. The fourth-order valence-corrected chi connectivity index (χ4v) is 2.41. The van der Waals surface area contributed by atoms with Crippen LogP contribution in [0.15, 0.2) is 0 Å². The Morgan fingerprint density at radius 3 is 2.50 bits per heavy atom. The van der Waals surface area contributed by atoms with Gasteiger partial charge in [-0.05, 0) is 50.9 Å². The third-order valence-corrected chi connectivity index (χ3v) is 3.53. The maximum Gasteiger partial charge on any atom is 0.323 e. The summed E-state index contributed by atoms with van der Waals surface area (Å²) in [6, 6.07) is 1.04. The van der Waals surface area contributed by atoms with Crippen molar-refractivity contribution in [2.24, 2.45) is 0 Å². The molecule has 0 aromatic carbocycles. The van der Waals surface area contributed by atoms with Crippen molar-refractivity contribution < 1.29 is 9.47 Å². The molecule has 1 aromatic rings. The lowest BCUT2D eigenvalue weighted by molar-refractivity contribution is 0.217. The molecule has 0 radical (unpaired) electrons. The molecular weight excluding hydrogens is 280 g/mol. The van der Waals surface area contributed by atoms with Crippen molar-refractivity contribution in [3.63, 3.8) is 0 Å². The van der Waals surface area contributed by atoms with E-state index in [0.29, 0.717) is 19.3 Å². The Labute approximate surface area is 124 Å². The summed E-state index contributed by atoms with van der Waals surface area (Å²) in [5.41, 5.74) is 0. The second kappa shape index (κ2) is 7.59. The molecule has 1 unspecified atom stereocenters. The molecule has 1 aromatic heterocycles. The van der Waals surface area contributed by atoms with Gasteiger partial charge in [0.05, 0.1) is 13.2 Å². The van der Waals surface area contributed by atoms with Crippen LogP contribution in [-0.4, -0.2) is 52.7 Å². The van der Waals surface area contributed by atoms with E-state index in [9.17, 15) is 0 Å². The monoisotopic (exact) mass is 300 g/mol. The summed E-state index contributed by atoms with van der Waals surface area (Å²) >= 11 is 5.83. The van der Waals surface area contributed by atoms with E-state index in [-0.39, 0.29) is 17.3 Å². The van der Waals surface area contributed by atoms with Crippen molar-refractivity contribution in [3.8, 4) is 12.0 Å². The van der Waals surface area contributed by atoms with Crippen LogP contribution in [0.1, 0.15) is 32.6 Å². The molecule has 20 heavy (non-hydrogen) atoms. The van der Waals surface area contributed by atoms with Gasteiger partial charge in [-0.1, -0.05) is 6.92 Å². The summed E-state index contributed by atoms with van der Waals surface area (Å²) in [7, 11) is 2.15. The first-order valence-corrected chi connectivity index (χ1v) is 7.44. The number of ether oxygens (including phenoxy) is 2. The third kappa shape index (κ3) is 4.45. The van der Waals surface area contributed by atoms with Crippen LogP contribution in [0.25, 0.3) is 0 Å². The topological polar surface area (TPSA) is 60.4 Å². The van der Waals surface area contributed by atoms with Gasteiger partial charge in [0, 0.05) is 6.04 Å². The maximum atomic E-state index is 5.83. The van der Waals surface area contributed by atoms with Crippen LogP contribution >= 0.6 is 11.6 Å². The predicted molar refractivity (Wildman–Crippen MR) is 76.4 cm³/mol. The van der Waals surface area contributed by atoms with Crippen LogP contribution in [0.2, 0.25) is 5.28 Å². The molecule has 1 fully saturated rings. The Balaban J connectivity index is 1.83. The van der Waals surface area contributed by atoms with Gasteiger partial charge in [-0.3, -0.25) is 0 Å².